The number of aryl methyl sites for hydroxylation is 1. The van der Waals surface area contributed by atoms with E-state index in [4.69, 9.17) is 0 Å². The molecule has 0 aliphatic carbocycles. The summed E-state index contributed by atoms with van der Waals surface area (Å²) in [6.07, 6.45) is 0.0260. The molecule has 1 amide bonds. The second-order valence-electron chi connectivity index (χ2n) is 5.08. The first-order chi connectivity index (χ1) is 8.58. The van der Waals surface area contributed by atoms with E-state index in [1.165, 1.54) is 5.56 Å². The van der Waals surface area contributed by atoms with Crippen LogP contribution in [0.3, 0.4) is 0 Å². The van der Waals surface area contributed by atoms with Gasteiger partial charge in [0.05, 0.1) is 6.54 Å². The molecular weight excluding hydrogens is 226 g/mol. The Hall–Kier alpha value is -1.39. The molecule has 1 aliphatic heterocycles. The summed E-state index contributed by atoms with van der Waals surface area (Å²) in [6, 6.07) is 8.36. The van der Waals surface area contributed by atoms with E-state index in [-0.39, 0.29) is 12.1 Å². The second-order valence-corrected chi connectivity index (χ2v) is 5.08. The topological polar surface area (TPSA) is 35.6 Å². The SMILES string of the molecule is Cc1ccc(C2NCC(=O)N2CCN(C)C)cc1. The van der Waals surface area contributed by atoms with Gasteiger partial charge >= 0.3 is 0 Å². The number of rotatable bonds is 4. The lowest BCUT2D eigenvalue weighted by Gasteiger charge is -2.26. The number of benzene rings is 1. The molecule has 1 unspecified atom stereocenters. The lowest BCUT2D eigenvalue weighted by Crippen LogP contribution is -2.36. The summed E-state index contributed by atoms with van der Waals surface area (Å²) in [5.41, 5.74) is 2.40. The van der Waals surface area contributed by atoms with Gasteiger partial charge in [0.15, 0.2) is 0 Å². The van der Waals surface area contributed by atoms with Crippen molar-refractivity contribution in [2.24, 2.45) is 0 Å². The van der Waals surface area contributed by atoms with Gasteiger partial charge in [-0.25, -0.2) is 0 Å². The Balaban J connectivity index is 2.10. The molecule has 4 heteroatoms. The number of nitrogens with one attached hydrogen (secondary N) is 1. The fraction of sp³-hybridized carbons (Fsp3) is 0.500. The predicted molar refractivity (Wildman–Crippen MR) is 72.2 cm³/mol. The van der Waals surface area contributed by atoms with Gasteiger partial charge < -0.3 is 9.80 Å². The van der Waals surface area contributed by atoms with Gasteiger partial charge in [-0.2, -0.15) is 0 Å². The first-order valence-corrected chi connectivity index (χ1v) is 6.32. The highest BCUT2D eigenvalue weighted by atomic mass is 16.2. The summed E-state index contributed by atoms with van der Waals surface area (Å²) in [6.45, 7) is 4.15. The molecule has 0 saturated carbocycles. The van der Waals surface area contributed by atoms with Gasteiger partial charge in [-0.3, -0.25) is 10.1 Å². The molecule has 1 aliphatic rings. The van der Waals surface area contributed by atoms with Gasteiger partial charge in [0.25, 0.3) is 0 Å². The largest absolute Gasteiger partial charge is 0.321 e. The van der Waals surface area contributed by atoms with E-state index in [0.29, 0.717) is 6.54 Å². The fourth-order valence-corrected chi connectivity index (χ4v) is 2.15. The van der Waals surface area contributed by atoms with Crippen LogP contribution in [0.1, 0.15) is 17.3 Å². The van der Waals surface area contributed by atoms with Crippen LogP contribution in [-0.4, -0.2) is 49.4 Å². The Labute approximate surface area is 109 Å². The van der Waals surface area contributed by atoms with Crippen molar-refractivity contribution < 1.29 is 4.79 Å². The minimum atomic E-state index is 0.0260. The molecule has 0 aromatic heterocycles. The predicted octanol–water partition coefficient (Wildman–Crippen LogP) is 0.987. The van der Waals surface area contributed by atoms with Crippen LogP contribution < -0.4 is 5.32 Å². The molecule has 1 atom stereocenters. The fourth-order valence-electron chi connectivity index (χ4n) is 2.15. The Morgan fingerprint density at radius 3 is 2.61 bits per heavy atom. The normalized spacial score (nSPS) is 19.9. The zero-order valence-corrected chi connectivity index (χ0v) is 11.3. The molecule has 1 fully saturated rings. The van der Waals surface area contributed by atoms with Crippen molar-refractivity contribution in [1.82, 2.24) is 15.1 Å². The van der Waals surface area contributed by atoms with Crippen molar-refractivity contribution in [3.05, 3.63) is 35.4 Å². The van der Waals surface area contributed by atoms with Crippen LogP contribution in [0.2, 0.25) is 0 Å². The van der Waals surface area contributed by atoms with Crippen molar-refractivity contribution in [3.63, 3.8) is 0 Å². The summed E-state index contributed by atoms with van der Waals surface area (Å²) in [4.78, 5) is 15.9. The Kier molecular flexibility index (Phi) is 3.99. The summed E-state index contributed by atoms with van der Waals surface area (Å²) in [7, 11) is 4.05. The third-order valence-electron chi connectivity index (χ3n) is 3.26. The van der Waals surface area contributed by atoms with Crippen molar-refractivity contribution in [3.8, 4) is 0 Å². The molecule has 1 N–H and O–H groups in total. The van der Waals surface area contributed by atoms with E-state index < -0.39 is 0 Å². The van der Waals surface area contributed by atoms with Crippen LogP contribution in [0.15, 0.2) is 24.3 Å². The molecule has 0 radical (unpaired) electrons. The third kappa shape index (κ3) is 2.89. The first-order valence-electron chi connectivity index (χ1n) is 6.32. The standard InChI is InChI=1S/C14H21N3O/c1-11-4-6-12(7-5-11)14-15-10-13(18)17(14)9-8-16(2)3/h4-7,14-15H,8-10H2,1-3H3. The molecule has 4 nitrogen and oxygen atoms in total. The average Bonchev–Trinajstić information content (AvgIpc) is 2.69. The highest BCUT2D eigenvalue weighted by Crippen LogP contribution is 2.22. The van der Waals surface area contributed by atoms with Gasteiger partial charge in [-0.05, 0) is 26.6 Å². The number of likely N-dealkylation sites (N-methyl/N-ethyl adjacent to an activating group) is 1. The number of carbonyl (C=O) groups excluding carboxylic acids is 1. The van der Waals surface area contributed by atoms with Crippen molar-refractivity contribution in [2.45, 2.75) is 13.1 Å². The summed E-state index contributed by atoms with van der Waals surface area (Å²) in [5, 5.41) is 3.27. The molecule has 0 bridgehead atoms. The molecule has 18 heavy (non-hydrogen) atoms. The quantitative estimate of drug-likeness (QED) is 0.862. The third-order valence-corrected chi connectivity index (χ3v) is 3.26. The Morgan fingerprint density at radius 1 is 1.33 bits per heavy atom. The number of amides is 1. The number of hydrogen-bond donors (Lipinski definition) is 1. The minimum absolute atomic E-state index is 0.0260. The van der Waals surface area contributed by atoms with Crippen molar-refractivity contribution in [2.75, 3.05) is 33.7 Å². The van der Waals surface area contributed by atoms with Crippen LogP contribution in [0.5, 0.6) is 0 Å². The zero-order valence-electron chi connectivity index (χ0n) is 11.3. The minimum Gasteiger partial charge on any atom is -0.321 e. The average molecular weight is 247 g/mol. The van der Waals surface area contributed by atoms with Gasteiger partial charge in [-0.1, -0.05) is 29.8 Å². The van der Waals surface area contributed by atoms with Crippen molar-refractivity contribution >= 4 is 5.91 Å². The molecule has 1 saturated heterocycles. The molecule has 2 rings (SSSR count). The Bertz CT molecular complexity index is 414. The maximum atomic E-state index is 11.9. The van der Waals surface area contributed by atoms with E-state index in [0.717, 1.165) is 18.7 Å². The van der Waals surface area contributed by atoms with Crippen LogP contribution in [0.4, 0.5) is 0 Å². The van der Waals surface area contributed by atoms with Crippen LogP contribution in [0.25, 0.3) is 0 Å². The van der Waals surface area contributed by atoms with Crippen LogP contribution in [-0.2, 0) is 4.79 Å². The summed E-state index contributed by atoms with van der Waals surface area (Å²) >= 11 is 0. The number of carbonyl (C=O) groups is 1. The summed E-state index contributed by atoms with van der Waals surface area (Å²) in [5.74, 6) is 0.183. The monoisotopic (exact) mass is 247 g/mol. The van der Waals surface area contributed by atoms with Gasteiger partial charge in [0.2, 0.25) is 5.91 Å². The van der Waals surface area contributed by atoms with Gasteiger partial charge in [0.1, 0.15) is 6.17 Å². The molecule has 0 spiro atoms. The highest BCUT2D eigenvalue weighted by Gasteiger charge is 2.30. The van der Waals surface area contributed by atoms with Crippen molar-refractivity contribution in [1.29, 1.82) is 0 Å². The lowest BCUT2D eigenvalue weighted by atomic mass is 10.1. The highest BCUT2D eigenvalue weighted by molar-refractivity contribution is 5.80. The second kappa shape index (κ2) is 5.50. The molecule has 98 valence electrons. The molecule has 1 aromatic carbocycles. The van der Waals surface area contributed by atoms with Gasteiger partial charge in [-0.15, -0.1) is 0 Å². The van der Waals surface area contributed by atoms with E-state index in [9.17, 15) is 4.79 Å². The van der Waals surface area contributed by atoms with E-state index >= 15 is 0 Å². The van der Waals surface area contributed by atoms with Crippen LogP contribution >= 0.6 is 0 Å². The number of hydrogen-bond acceptors (Lipinski definition) is 3. The van der Waals surface area contributed by atoms with E-state index in [1.54, 1.807) is 0 Å². The lowest BCUT2D eigenvalue weighted by molar-refractivity contribution is -0.128. The smallest absolute Gasteiger partial charge is 0.238 e. The molecule has 1 heterocycles. The van der Waals surface area contributed by atoms with E-state index in [1.807, 2.05) is 19.0 Å². The summed E-state index contributed by atoms with van der Waals surface area (Å²) < 4.78 is 0. The maximum absolute atomic E-state index is 11.9. The zero-order chi connectivity index (χ0) is 13.1. The van der Waals surface area contributed by atoms with Gasteiger partial charge in [0, 0.05) is 13.1 Å². The maximum Gasteiger partial charge on any atom is 0.238 e. The number of nitrogens with zero attached hydrogens (tertiary/aromatic N) is 2. The Morgan fingerprint density at radius 2 is 2.00 bits per heavy atom. The molecule has 1 aromatic rings. The van der Waals surface area contributed by atoms with E-state index in [2.05, 4.69) is 41.4 Å². The molecular formula is C14H21N3O. The van der Waals surface area contributed by atoms with Crippen LogP contribution in [0, 0.1) is 6.92 Å². The first kappa shape index (κ1) is 13.1.